The standard InChI is InChI=1S/C50H40N2S2/c1-3-51-43-13-7-5-11-39(43)41-31-37(25-27-45(41)51)49(47-15-9-29-53-47)35-21-17-33(18-22-35)34-19-23-36(24-20-34)50(48-16-10-30-54-48)38-26-28-46-42(32-38)40-12-6-8-14-44(40)52(46)4-2/h5-32,49-50H,3-4H2,1-2H3. The van der Waals surface area contributed by atoms with Crippen LogP contribution in [0.3, 0.4) is 0 Å². The third kappa shape index (κ3) is 5.43. The fourth-order valence-electron chi connectivity index (χ4n) is 8.87. The Hall–Kier alpha value is -5.68. The van der Waals surface area contributed by atoms with Gasteiger partial charge in [0.25, 0.3) is 0 Å². The van der Waals surface area contributed by atoms with E-state index in [1.807, 2.05) is 22.7 Å². The second kappa shape index (κ2) is 13.6. The van der Waals surface area contributed by atoms with Crippen LogP contribution in [0.25, 0.3) is 54.7 Å². The van der Waals surface area contributed by atoms with E-state index in [1.165, 1.54) is 86.7 Å². The zero-order chi connectivity index (χ0) is 36.2. The Labute approximate surface area is 324 Å². The number of aryl methyl sites for hydroxylation is 2. The van der Waals surface area contributed by atoms with Crippen LogP contribution in [-0.4, -0.2) is 9.13 Å². The molecule has 4 heterocycles. The topological polar surface area (TPSA) is 9.86 Å². The first-order valence-electron chi connectivity index (χ1n) is 19.0. The van der Waals surface area contributed by atoms with E-state index in [-0.39, 0.29) is 11.8 Å². The Bertz CT molecular complexity index is 2690. The van der Waals surface area contributed by atoms with E-state index in [9.17, 15) is 0 Å². The molecule has 0 saturated heterocycles. The molecule has 0 fully saturated rings. The highest BCUT2D eigenvalue weighted by Gasteiger charge is 2.22. The Morgan fingerprint density at radius 2 is 0.778 bits per heavy atom. The SMILES string of the molecule is CCn1c2ccccc2c2cc(C(c3ccc(-c4ccc(C(c5ccc6c(c5)c5ccccc5n6CC)c5cccs5)cc4)cc3)c3cccs3)ccc21. The van der Waals surface area contributed by atoms with Gasteiger partial charge in [-0.25, -0.2) is 0 Å². The summed E-state index contributed by atoms with van der Waals surface area (Å²) in [6, 6.07) is 59.3. The zero-order valence-electron chi connectivity index (χ0n) is 30.4. The van der Waals surface area contributed by atoms with Crippen LogP contribution < -0.4 is 0 Å². The van der Waals surface area contributed by atoms with Gasteiger partial charge in [0.1, 0.15) is 0 Å². The van der Waals surface area contributed by atoms with E-state index in [0.717, 1.165) is 13.1 Å². The van der Waals surface area contributed by atoms with Crippen LogP contribution in [0.4, 0.5) is 0 Å². The van der Waals surface area contributed by atoms with Crippen molar-refractivity contribution in [1.29, 1.82) is 0 Å². The molecule has 0 saturated carbocycles. The van der Waals surface area contributed by atoms with Crippen LogP contribution in [0, 0.1) is 0 Å². The highest BCUT2D eigenvalue weighted by Crippen LogP contribution is 2.41. The molecule has 0 N–H and O–H groups in total. The van der Waals surface area contributed by atoms with Crippen molar-refractivity contribution < 1.29 is 0 Å². The lowest BCUT2D eigenvalue weighted by molar-refractivity contribution is 0.827. The largest absolute Gasteiger partial charge is 0.341 e. The predicted molar refractivity (Wildman–Crippen MR) is 233 cm³/mol. The molecule has 2 atom stereocenters. The van der Waals surface area contributed by atoms with Crippen LogP contribution in [-0.2, 0) is 13.1 Å². The molecule has 2 nitrogen and oxygen atoms in total. The average Bonchev–Trinajstić information content (AvgIpc) is 4.05. The summed E-state index contributed by atoms with van der Waals surface area (Å²) in [7, 11) is 0. The number of fused-ring (bicyclic) bond motifs is 6. The Morgan fingerprint density at radius 3 is 1.17 bits per heavy atom. The van der Waals surface area contributed by atoms with Crippen molar-refractivity contribution in [2.75, 3.05) is 0 Å². The van der Waals surface area contributed by atoms with Gasteiger partial charge in [0.05, 0.1) is 0 Å². The van der Waals surface area contributed by atoms with Crippen molar-refractivity contribution in [3.05, 3.63) is 200 Å². The molecule has 54 heavy (non-hydrogen) atoms. The van der Waals surface area contributed by atoms with E-state index >= 15 is 0 Å². The van der Waals surface area contributed by atoms with E-state index in [0.29, 0.717) is 0 Å². The second-order valence-corrected chi connectivity index (χ2v) is 16.2. The van der Waals surface area contributed by atoms with Gasteiger partial charge in [0.15, 0.2) is 0 Å². The molecule has 0 amide bonds. The zero-order valence-corrected chi connectivity index (χ0v) is 32.1. The second-order valence-electron chi connectivity index (χ2n) is 14.2. The van der Waals surface area contributed by atoms with Gasteiger partial charge >= 0.3 is 0 Å². The van der Waals surface area contributed by atoms with Gasteiger partial charge in [0, 0.05) is 78.3 Å². The predicted octanol–water partition coefficient (Wildman–Crippen LogP) is 14.1. The summed E-state index contributed by atoms with van der Waals surface area (Å²) in [5.41, 5.74) is 13.0. The van der Waals surface area contributed by atoms with Gasteiger partial charge in [-0.05, 0) is 107 Å². The molecule has 6 aromatic carbocycles. The molecule has 0 radical (unpaired) electrons. The number of hydrogen-bond donors (Lipinski definition) is 0. The minimum absolute atomic E-state index is 0.171. The molecular formula is C50H40N2S2. The Kier molecular flexibility index (Phi) is 8.31. The van der Waals surface area contributed by atoms with Gasteiger partial charge < -0.3 is 9.13 Å². The third-order valence-electron chi connectivity index (χ3n) is 11.4. The fraction of sp³-hybridized carbons (Fsp3) is 0.120. The summed E-state index contributed by atoms with van der Waals surface area (Å²) in [5.74, 6) is 0.342. The number of aromatic nitrogens is 2. The van der Waals surface area contributed by atoms with E-state index in [2.05, 4.69) is 191 Å². The summed E-state index contributed by atoms with van der Waals surface area (Å²) in [4.78, 5) is 2.73. The monoisotopic (exact) mass is 732 g/mol. The van der Waals surface area contributed by atoms with E-state index in [1.54, 1.807) is 0 Å². The molecule has 4 heteroatoms. The number of benzene rings is 6. The minimum Gasteiger partial charge on any atom is -0.341 e. The van der Waals surface area contributed by atoms with Gasteiger partial charge in [-0.1, -0.05) is 109 Å². The lowest BCUT2D eigenvalue weighted by Crippen LogP contribution is -2.02. The maximum atomic E-state index is 2.43. The number of para-hydroxylation sites is 2. The van der Waals surface area contributed by atoms with Crippen LogP contribution in [0.15, 0.2) is 168 Å². The summed E-state index contributed by atoms with van der Waals surface area (Å²) < 4.78 is 4.87. The number of nitrogens with zero attached hydrogens (tertiary/aromatic N) is 2. The Balaban J connectivity index is 0.993. The van der Waals surface area contributed by atoms with Gasteiger partial charge in [-0.2, -0.15) is 0 Å². The number of rotatable bonds is 9. The van der Waals surface area contributed by atoms with Crippen LogP contribution in [0.1, 0.15) is 57.7 Å². The molecule has 0 aliphatic rings. The molecule has 2 unspecified atom stereocenters. The highest BCUT2D eigenvalue weighted by atomic mass is 32.1. The first-order chi connectivity index (χ1) is 26.7. The number of thiophene rings is 2. The minimum atomic E-state index is 0.171. The third-order valence-corrected chi connectivity index (χ3v) is 13.2. The van der Waals surface area contributed by atoms with Gasteiger partial charge in [-0.3, -0.25) is 0 Å². The number of hydrogen-bond acceptors (Lipinski definition) is 2. The van der Waals surface area contributed by atoms with E-state index < -0.39 is 0 Å². The molecule has 262 valence electrons. The molecule has 0 aliphatic carbocycles. The van der Waals surface area contributed by atoms with Crippen LogP contribution in [0.2, 0.25) is 0 Å². The summed E-state index contributed by atoms with van der Waals surface area (Å²) in [5, 5.41) is 9.71. The molecule has 4 aromatic heterocycles. The van der Waals surface area contributed by atoms with E-state index in [4.69, 9.17) is 0 Å². The van der Waals surface area contributed by atoms with Crippen molar-refractivity contribution >= 4 is 66.3 Å². The molecule has 0 aliphatic heterocycles. The molecule has 0 bridgehead atoms. The first-order valence-corrected chi connectivity index (χ1v) is 20.7. The molecule has 0 spiro atoms. The van der Waals surface area contributed by atoms with Crippen molar-refractivity contribution in [3.63, 3.8) is 0 Å². The maximum absolute atomic E-state index is 2.43. The van der Waals surface area contributed by atoms with Crippen molar-refractivity contribution in [1.82, 2.24) is 9.13 Å². The van der Waals surface area contributed by atoms with Crippen LogP contribution in [0.5, 0.6) is 0 Å². The Morgan fingerprint density at radius 1 is 0.389 bits per heavy atom. The lowest BCUT2D eigenvalue weighted by Gasteiger charge is -2.19. The average molecular weight is 733 g/mol. The highest BCUT2D eigenvalue weighted by molar-refractivity contribution is 7.10. The lowest BCUT2D eigenvalue weighted by atomic mass is 9.87. The fourth-order valence-corrected chi connectivity index (χ4v) is 10.6. The quantitative estimate of drug-likeness (QED) is 0.140. The first kappa shape index (κ1) is 32.9. The summed E-state index contributed by atoms with van der Waals surface area (Å²) in [6.07, 6.45) is 0. The maximum Gasteiger partial charge on any atom is 0.0491 e. The molecule has 10 rings (SSSR count). The molecule has 10 aromatic rings. The summed E-state index contributed by atoms with van der Waals surface area (Å²) in [6.45, 7) is 6.38. The molecular weight excluding hydrogens is 693 g/mol. The van der Waals surface area contributed by atoms with Crippen molar-refractivity contribution in [2.45, 2.75) is 38.8 Å². The van der Waals surface area contributed by atoms with Gasteiger partial charge in [-0.15, -0.1) is 22.7 Å². The van der Waals surface area contributed by atoms with Crippen molar-refractivity contribution in [2.24, 2.45) is 0 Å². The normalized spacial score (nSPS) is 13.0. The van der Waals surface area contributed by atoms with Crippen LogP contribution >= 0.6 is 22.7 Å². The smallest absolute Gasteiger partial charge is 0.0491 e. The van der Waals surface area contributed by atoms with Crippen molar-refractivity contribution in [3.8, 4) is 11.1 Å². The summed E-state index contributed by atoms with van der Waals surface area (Å²) >= 11 is 3.68. The van der Waals surface area contributed by atoms with Gasteiger partial charge in [0.2, 0.25) is 0 Å².